The Labute approximate surface area is 104 Å². The van der Waals surface area contributed by atoms with Gasteiger partial charge in [0.15, 0.2) is 0 Å². The smallest absolute Gasteiger partial charge is 0.0400 e. The molecule has 0 aromatic rings. The van der Waals surface area contributed by atoms with Crippen LogP contribution in [-0.4, -0.2) is 0 Å². The van der Waals surface area contributed by atoms with Crippen molar-refractivity contribution in [1.82, 2.24) is 0 Å². The first-order valence-corrected chi connectivity index (χ1v) is 7.16. The van der Waals surface area contributed by atoms with Crippen molar-refractivity contribution in [2.24, 2.45) is 23.7 Å². The van der Waals surface area contributed by atoms with Crippen molar-refractivity contribution in [2.45, 2.75) is 46.0 Å². The predicted molar refractivity (Wildman–Crippen MR) is 69.4 cm³/mol. The minimum absolute atomic E-state index is 0.773. The average molecular weight is 237 g/mol. The fourth-order valence-electron chi connectivity index (χ4n) is 3.79. The lowest BCUT2D eigenvalue weighted by molar-refractivity contribution is 0.322. The van der Waals surface area contributed by atoms with Gasteiger partial charge in [-0.2, -0.15) is 0 Å². The zero-order valence-electron chi connectivity index (χ0n) is 10.3. The molecule has 88 valence electrons. The molecule has 3 aliphatic carbocycles. The van der Waals surface area contributed by atoms with E-state index in [2.05, 4.69) is 19.9 Å². The highest BCUT2D eigenvalue weighted by Crippen LogP contribution is 2.54. The standard InChI is InChI=1S/C15H21Cl/c1-9(2)15-12-5-3-4-11(12)14(16)8-13(15)10-6-7-10/h8-10,12,15H,3-7H2,1-2H3. The second-order valence-corrected chi connectivity index (χ2v) is 6.47. The minimum Gasteiger partial charge on any atom is -0.0844 e. The van der Waals surface area contributed by atoms with E-state index >= 15 is 0 Å². The van der Waals surface area contributed by atoms with Crippen molar-refractivity contribution < 1.29 is 0 Å². The van der Waals surface area contributed by atoms with E-state index in [-0.39, 0.29) is 0 Å². The molecule has 0 N–H and O–H groups in total. The van der Waals surface area contributed by atoms with E-state index in [0.717, 1.165) is 28.7 Å². The van der Waals surface area contributed by atoms with Gasteiger partial charge in [-0.25, -0.2) is 0 Å². The Balaban J connectivity index is 1.99. The van der Waals surface area contributed by atoms with Crippen LogP contribution in [-0.2, 0) is 0 Å². The van der Waals surface area contributed by atoms with Gasteiger partial charge in [-0.15, -0.1) is 0 Å². The molecule has 0 amide bonds. The van der Waals surface area contributed by atoms with Crippen LogP contribution in [0.15, 0.2) is 22.3 Å². The van der Waals surface area contributed by atoms with Crippen LogP contribution >= 0.6 is 11.6 Å². The fraction of sp³-hybridized carbons (Fsp3) is 0.733. The van der Waals surface area contributed by atoms with Gasteiger partial charge in [-0.1, -0.05) is 31.0 Å². The van der Waals surface area contributed by atoms with Gasteiger partial charge in [0.05, 0.1) is 0 Å². The van der Waals surface area contributed by atoms with Gasteiger partial charge in [0.25, 0.3) is 0 Å². The molecule has 0 nitrogen and oxygen atoms in total. The summed E-state index contributed by atoms with van der Waals surface area (Å²) in [5.74, 6) is 3.23. The number of rotatable bonds is 2. The van der Waals surface area contributed by atoms with Gasteiger partial charge < -0.3 is 0 Å². The zero-order valence-corrected chi connectivity index (χ0v) is 11.1. The first kappa shape index (κ1) is 10.9. The summed E-state index contributed by atoms with van der Waals surface area (Å²) in [6.45, 7) is 4.77. The molecule has 3 rings (SSSR count). The molecule has 0 bridgehead atoms. The molecule has 0 aromatic carbocycles. The maximum Gasteiger partial charge on any atom is 0.0400 e. The third-order valence-corrected chi connectivity index (χ3v) is 4.95. The van der Waals surface area contributed by atoms with Crippen molar-refractivity contribution in [3.63, 3.8) is 0 Å². The molecule has 2 saturated carbocycles. The highest BCUT2D eigenvalue weighted by molar-refractivity contribution is 6.31. The topological polar surface area (TPSA) is 0 Å². The van der Waals surface area contributed by atoms with E-state index in [4.69, 9.17) is 11.6 Å². The van der Waals surface area contributed by atoms with Crippen molar-refractivity contribution in [3.8, 4) is 0 Å². The van der Waals surface area contributed by atoms with Crippen LogP contribution < -0.4 is 0 Å². The summed E-state index contributed by atoms with van der Waals surface area (Å²) in [4.78, 5) is 0. The van der Waals surface area contributed by atoms with Crippen molar-refractivity contribution >= 4 is 11.6 Å². The number of allylic oxidation sites excluding steroid dienone is 4. The normalized spacial score (nSPS) is 34.4. The Kier molecular flexibility index (Phi) is 2.66. The quantitative estimate of drug-likeness (QED) is 0.640. The maximum absolute atomic E-state index is 6.46. The Bertz CT molecular complexity index is 358. The first-order valence-electron chi connectivity index (χ1n) is 6.78. The van der Waals surface area contributed by atoms with Gasteiger partial charge in [-0.05, 0) is 67.4 Å². The van der Waals surface area contributed by atoms with Gasteiger partial charge in [0.1, 0.15) is 0 Å². The number of halogens is 1. The lowest BCUT2D eigenvalue weighted by Crippen LogP contribution is -2.25. The summed E-state index contributed by atoms with van der Waals surface area (Å²) in [6.07, 6.45) is 9.12. The molecular weight excluding hydrogens is 216 g/mol. The molecule has 0 aliphatic heterocycles. The molecule has 2 atom stereocenters. The molecular formula is C15H21Cl. The molecule has 2 fully saturated rings. The van der Waals surface area contributed by atoms with E-state index in [1.54, 1.807) is 11.1 Å². The Morgan fingerprint density at radius 1 is 1.25 bits per heavy atom. The average Bonchev–Trinajstić information content (AvgIpc) is 2.96. The molecule has 16 heavy (non-hydrogen) atoms. The van der Waals surface area contributed by atoms with E-state index in [1.165, 1.54) is 32.1 Å². The number of hydrogen-bond acceptors (Lipinski definition) is 0. The Hall–Kier alpha value is -0.230. The van der Waals surface area contributed by atoms with Crippen molar-refractivity contribution in [2.75, 3.05) is 0 Å². The van der Waals surface area contributed by atoms with Crippen LogP contribution in [0, 0.1) is 23.7 Å². The molecule has 0 heterocycles. The molecule has 3 aliphatic rings. The van der Waals surface area contributed by atoms with Gasteiger partial charge in [0, 0.05) is 5.03 Å². The largest absolute Gasteiger partial charge is 0.0844 e. The van der Waals surface area contributed by atoms with E-state index in [0.29, 0.717) is 0 Å². The first-order chi connectivity index (χ1) is 7.68. The summed E-state index contributed by atoms with van der Waals surface area (Å²) in [5.41, 5.74) is 3.26. The molecule has 0 aromatic heterocycles. The van der Waals surface area contributed by atoms with E-state index in [9.17, 15) is 0 Å². The summed E-state index contributed by atoms with van der Waals surface area (Å²) in [6, 6.07) is 0. The minimum atomic E-state index is 0.773. The molecule has 2 unspecified atom stereocenters. The van der Waals surface area contributed by atoms with Gasteiger partial charge in [-0.3, -0.25) is 0 Å². The van der Waals surface area contributed by atoms with Crippen LogP contribution in [0.4, 0.5) is 0 Å². The van der Waals surface area contributed by atoms with Crippen molar-refractivity contribution in [1.29, 1.82) is 0 Å². The summed E-state index contributed by atoms with van der Waals surface area (Å²) in [7, 11) is 0. The van der Waals surface area contributed by atoms with Crippen LogP contribution in [0.2, 0.25) is 0 Å². The second kappa shape index (κ2) is 3.91. The highest BCUT2D eigenvalue weighted by atomic mass is 35.5. The molecule has 0 radical (unpaired) electrons. The monoisotopic (exact) mass is 236 g/mol. The summed E-state index contributed by atoms with van der Waals surface area (Å²) >= 11 is 6.46. The lowest BCUT2D eigenvalue weighted by Gasteiger charge is -2.34. The Morgan fingerprint density at radius 2 is 2.00 bits per heavy atom. The van der Waals surface area contributed by atoms with Gasteiger partial charge >= 0.3 is 0 Å². The van der Waals surface area contributed by atoms with Crippen LogP contribution in [0.3, 0.4) is 0 Å². The summed E-state index contributed by atoms with van der Waals surface area (Å²) < 4.78 is 0. The van der Waals surface area contributed by atoms with E-state index < -0.39 is 0 Å². The van der Waals surface area contributed by atoms with Crippen molar-refractivity contribution in [3.05, 3.63) is 22.3 Å². The van der Waals surface area contributed by atoms with Crippen LogP contribution in [0.1, 0.15) is 46.0 Å². The number of hydrogen-bond donors (Lipinski definition) is 0. The fourth-order valence-corrected chi connectivity index (χ4v) is 4.15. The molecule has 0 saturated heterocycles. The lowest BCUT2D eigenvalue weighted by atomic mass is 9.71. The molecule has 1 heteroatoms. The van der Waals surface area contributed by atoms with Gasteiger partial charge in [0.2, 0.25) is 0 Å². The SMILES string of the molecule is CC(C)C1C(C2CC2)=CC(Cl)=C2CCCC21. The van der Waals surface area contributed by atoms with Crippen LogP contribution in [0.25, 0.3) is 0 Å². The number of fused-ring (bicyclic) bond motifs is 1. The third-order valence-electron chi connectivity index (χ3n) is 4.59. The molecule has 0 spiro atoms. The Morgan fingerprint density at radius 3 is 2.62 bits per heavy atom. The maximum atomic E-state index is 6.46. The summed E-state index contributed by atoms with van der Waals surface area (Å²) in [5, 5.41) is 1.10. The second-order valence-electron chi connectivity index (χ2n) is 6.06. The van der Waals surface area contributed by atoms with Crippen LogP contribution in [0.5, 0.6) is 0 Å². The highest BCUT2D eigenvalue weighted by Gasteiger charge is 2.42. The zero-order chi connectivity index (χ0) is 11.3. The predicted octanol–water partition coefficient (Wildman–Crippen LogP) is 4.90. The van der Waals surface area contributed by atoms with E-state index in [1.807, 2.05) is 0 Å². The third kappa shape index (κ3) is 1.66.